The summed E-state index contributed by atoms with van der Waals surface area (Å²) in [5.74, 6) is 1.60. The van der Waals surface area contributed by atoms with Crippen LogP contribution in [-0.4, -0.2) is 14.1 Å². The first-order chi connectivity index (χ1) is 33.0. The standard InChI is InChI=1S/C53H39N5O/c1-53(2,3)38-28-29-55-51(30-38)58-47-23-12-11-20-45(47)46-27-26-41(34-50(46)58)59-42-32-39(54-4)31-40(33-42)56-35-57(49-25-14-13-24-48(49)56)52-43(36-16-7-5-8-17-36)21-15-22-44(52)37-18-9-6-10-19-37/h5-34H,1-3H3/i5D,6D,7D,8D,9D,10D,16D,17D,18D,19D. The molecule has 0 bridgehead atoms. The van der Waals surface area contributed by atoms with Gasteiger partial charge in [-0.1, -0.05) is 142 Å². The fourth-order valence-electron chi connectivity index (χ4n) is 7.60. The second kappa shape index (κ2) is 14.3. The highest BCUT2D eigenvalue weighted by Gasteiger charge is 2.21. The Kier molecular flexibility index (Phi) is 6.37. The van der Waals surface area contributed by atoms with Gasteiger partial charge in [-0.15, -0.1) is 0 Å². The summed E-state index contributed by atoms with van der Waals surface area (Å²) in [4.78, 5) is 8.60. The first kappa shape index (κ1) is 26.2. The predicted octanol–water partition coefficient (Wildman–Crippen LogP) is 13.2. The van der Waals surface area contributed by atoms with Crippen molar-refractivity contribution in [2.24, 2.45) is 0 Å². The molecule has 10 rings (SSSR count). The largest absolute Gasteiger partial charge is 0.459 e. The summed E-state index contributed by atoms with van der Waals surface area (Å²) in [5.41, 5.74) is 4.66. The van der Waals surface area contributed by atoms with Crippen LogP contribution < -0.4 is 9.30 Å². The normalized spacial score (nSPS) is 14.0. The molecule has 6 heteroatoms. The van der Waals surface area contributed by atoms with Gasteiger partial charge >= 0.3 is 0 Å². The summed E-state index contributed by atoms with van der Waals surface area (Å²) in [7, 11) is 0. The highest BCUT2D eigenvalue weighted by molar-refractivity contribution is 6.09. The Hall–Kier alpha value is -7.75. The van der Waals surface area contributed by atoms with Gasteiger partial charge in [-0.05, 0) is 81.8 Å². The van der Waals surface area contributed by atoms with E-state index < -0.39 is 60.4 Å². The van der Waals surface area contributed by atoms with Gasteiger partial charge in [0.15, 0.2) is 5.69 Å². The second-order valence-corrected chi connectivity index (χ2v) is 15.0. The molecule has 3 aromatic heterocycles. The molecule has 0 saturated heterocycles. The molecule has 0 saturated carbocycles. The molecule has 59 heavy (non-hydrogen) atoms. The van der Waals surface area contributed by atoms with Crippen LogP contribution in [-0.2, 0) is 5.41 Å². The van der Waals surface area contributed by atoms with Crippen molar-refractivity contribution in [1.29, 1.82) is 0 Å². The SMILES string of the molecule is [2H]c1c([2H])c([2H])c(-c2cccc(-c3c([2H])c([2H])c([2H])c([2H])c3[2H])c2-[n+]2[c-]n(-c3cc([N+]#[C-])cc(Oc4ccc5c6ccccc6n(-c6cc(C(C)(C)C)ccn6)c5c4)c3)c3ccccc32)c([2H])c1[2H]. The molecule has 7 aromatic carbocycles. The molecule has 0 fully saturated rings. The third kappa shape index (κ3) is 6.40. The lowest BCUT2D eigenvalue weighted by molar-refractivity contribution is -0.571. The van der Waals surface area contributed by atoms with Crippen molar-refractivity contribution < 1.29 is 23.0 Å². The monoisotopic (exact) mass is 771 g/mol. The van der Waals surface area contributed by atoms with Crippen molar-refractivity contribution in [3.05, 3.63) is 205 Å². The quantitative estimate of drug-likeness (QED) is 0.120. The molecule has 0 amide bonds. The van der Waals surface area contributed by atoms with Gasteiger partial charge in [-0.3, -0.25) is 13.7 Å². The third-order valence-electron chi connectivity index (χ3n) is 10.3. The Morgan fingerprint density at radius 1 is 0.678 bits per heavy atom. The number of hydrogen-bond acceptors (Lipinski definition) is 2. The topological polar surface area (TPSA) is 40.2 Å². The van der Waals surface area contributed by atoms with Gasteiger partial charge in [0, 0.05) is 23.0 Å². The van der Waals surface area contributed by atoms with E-state index in [9.17, 15) is 0 Å². The molecule has 282 valence electrons. The predicted molar refractivity (Wildman–Crippen MR) is 238 cm³/mol. The summed E-state index contributed by atoms with van der Waals surface area (Å²) >= 11 is 0. The molecule has 6 nitrogen and oxygen atoms in total. The van der Waals surface area contributed by atoms with E-state index in [0.717, 1.165) is 33.2 Å². The van der Waals surface area contributed by atoms with E-state index in [4.69, 9.17) is 30.0 Å². The zero-order chi connectivity index (χ0) is 48.8. The van der Waals surface area contributed by atoms with Gasteiger partial charge < -0.3 is 4.74 Å². The minimum atomic E-state index is -0.587. The number of aromatic nitrogens is 4. The zero-order valence-electron chi connectivity index (χ0n) is 42.2. The molecule has 10 aromatic rings. The minimum Gasteiger partial charge on any atom is -0.459 e. The lowest BCUT2D eigenvalue weighted by Crippen LogP contribution is -2.31. The van der Waals surface area contributed by atoms with E-state index in [-0.39, 0.29) is 39.0 Å². The maximum Gasteiger partial charge on any atom is 0.269 e. The van der Waals surface area contributed by atoms with Gasteiger partial charge in [0.25, 0.3) is 6.33 Å². The maximum absolute atomic E-state index is 9.01. The van der Waals surface area contributed by atoms with Gasteiger partial charge in [-0.25, -0.2) is 9.83 Å². The van der Waals surface area contributed by atoms with Crippen LogP contribution in [0.15, 0.2) is 182 Å². The molecular weight excluding hydrogens is 723 g/mol. The highest BCUT2D eigenvalue weighted by Crippen LogP contribution is 2.38. The summed E-state index contributed by atoms with van der Waals surface area (Å²) < 4.78 is 98.9. The average Bonchev–Trinajstić information content (AvgIpc) is 3.89. The van der Waals surface area contributed by atoms with E-state index >= 15 is 0 Å². The minimum absolute atomic E-state index is 0.113. The molecule has 0 atom stereocenters. The van der Waals surface area contributed by atoms with Crippen molar-refractivity contribution in [3.63, 3.8) is 0 Å². The van der Waals surface area contributed by atoms with Gasteiger partial charge in [0.2, 0.25) is 0 Å². The lowest BCUT2D eigenvalue weighted by Gasteiger charge is -2.20. The van der Waals surface area contributed by atoms with Crippen LogP contribution in [0.25, 0.3) is 77.1 Å². The van der Waals surface area contributed by atoms with Crippen molar-refractivity contribution in [3.8, 4) is 50.9 Å². The fraction of sp³-hybridized carbons (Fsp3) is 0.0755. The zero-order valence-corrected chi connectivity index (χ0v) is 32.2. The molecule has 0 aliphatic carbocycles. The van der Waals surface area contributed by atoms with Crippen LogP contribution in [0.4, 0.5) is 5.69 Å². The molecule has 0 aliphatic rings. The molecule has 0 radical (unpaired) electrons. The highest BCUT2D eigenvalue weighted by atomic mass is 16.5. The lowest BCUT2D eigenvalue weighted by atomic mass is 9.88. The number of rotatable bonds is 7. The summed E-state index contributed by atoms with van der Waals surface area (Å²) in [5, 5.41) is 2.05. The van der Waals surface area contributed by atoms with Crippen LogP contribution in [0.2, 0.25) is 0 Å². The number of pyridine rings is 1. The molecule has 0 aliphatic heterocycles. The Labute approximate surface area is 357 Å². The van der Waals surface area contributed by atoms with Crippen molar-refractivity contribution in [1.82, 2.24) is 14.1 Å². The van der Waals surface area contributed by atoms with E-state index in [1.807, 2.05) is 54.7 Å². The number of nitrogens with zero attached hydrogens (tertiary/aromatic N) is 5. The number of ether oxygens (including phenoxy) is 1. The van der Waals surface area contributed by atoms with Crippen LogP contribution >= 0.6 is 0 Å². The van der Waals surface area contributed by atoms with E-state index in [0.29, 0.717) is 28.2 Å². The summed E-state index contributed by atoms with van der Waals surface area (Å²) in [6.45, 7) is 14.6. The van der Waals surface area contributed by atoms with E-state index in [1.54, 1.807) is 57.7 Å². The maximum atomic E-state index is 9.01. The van der Waals surface area contributed by atoms with E-state index in [2.05, 4.69) is 54.7 Å². The number of para-hydroxylation sites is 4. The van der Waals surface area contributed by atoms with E-state index in [1.165, 1.54) is 0 Å². The Balaban J connectivity index is 1.18. The molecule has 0 N–H and O–H groups in total. The molecular formula is C53H39N5O. The number of imidazole rings is 1. The molecule has 0 unspecified atom stereocenters. The Bertz CT molecular complexity index is 3700. The van der Waals surface area contributed by atoms with Crippen LogP contribution in [0.1, 0.15) is 40.0 Å². The third-order valence-corrected chi connectivity index (χ3v) is 10.3. The average molecular weight is 772 g/mol. The van der Waals surface area contributed by atoms with Crippen molar-refractivity contribution in [2.45, 2.75) is 26.2 Å². The molecule has 0 spiro atoms. The fourth-order valence-corrected chi connectivity index (χ4v) is 7.60. The van der Waals surface area contributed by atoms with Gasteiger partial charge in [0.1, 0.15) is 17.3 Å². The molecule has 3 heterocycles. The van der Waals surface area contributed by atoms with Crippen molar-refractivity contribution >= 4 is 38.5 Å². The summed E-state index contributed by atoms with van der Waals surface area (Å²) in [6.07, 6.45) is 5.21. The Morgan fingerprint density at radius 2 is 1.36 bits per heavy atom. The second-order valence-electron chi connectivity index (χ2n) is 15.0. The van der Waals surface area contributed by atoms with Gasteiger partial charge in [0.05, 0.1) is 53.7 Å². The van der Waals surface area contributed by atoms with Crippen LogP contribution in [0, 0.1) is 12.9 Å². The first-order valence-corrected chi connectivity index (χ1v) is 18.9. The number of fused-ring (bicyclic) bond motifs is 4. The van der Waals surface area contributed by atoms with Crippen molar-refractivity contribution in [2.75, 3.05) is 0 Å². The van der Waals surface area contributed by atoms with Crippen LogP contribution in [0.3, 0.4) is 0 Å². The Morgan fingerprint density at radius 3 is 2.07 bits per heavy atom. The first-order valence-electron chi connectivity index (χ1n) is 23.9. The number of benzene rings is 7. The van der Waals surface area contributed by atoms with Gasteiger partial charge in [-0.2, -0.15) is 0 Å². The smallest absolute Gasteiger partial charge is 0.269 e. The van der Waals surface area contributed by atoms with Crippen LogP contribution in [0.5, 0.6) is 11.5 Å². The summed E-state index contributed by atoms with van der Waals surface area (Å²) in [6, 6.07) is 29.6. The number of hydrogen-bond donors (Lipinski definition) is 0.